The zero-order chi connectivity index (χ0) is 26.9. The summed E-state index contributed by atoms with van der Waals surface area (Å²) >= 11 is 0. The third kappa shape index (κ3) is 24.6. The molecule has 0 fully saturated rings. The minimum Gasteiger partial charge on any atom is -0.744 e. The van der Waals surface area contributed by atoms with Crippen molar-refractivity contribution in [2.45, 2.75) is 179 Å². The van der Waals surface area contributed by atoms with E-state index in [2.05, 4.69) is 6.92 Å². The standard InChI is InChI=1S/C33H60O3S.K/c1-2-3-4-5-6-7-8-9-10-11-12-13-14-15-16-17-18-19-20-21-22-23-24-25-26-28-32-29-27-30-33(31-32)37(34,35)36;/h27,29-31H,2-26,28H2,1H3,(H,34,35,36);/q;+1/p-1. The molecule has 1 rings (SSSR count). The van der Waals surface area contributed by atoms with Crippen LogP contribution in [0.15, 0.2) is 29.2 Å². The van der Waals surface area contributed by atoms with E-state index >= 15 is 0 Å². The maximum Gasteiger partial charge on any atom is 1.00 e. The molecule has 216 valence electrons. The minimum absolute atomic E-state index is 0. The summed E-state index contributed by atoms with van der Waals surface area (Å²) in [6, 6.07) is 6.49. The van der Waals surface area contributed by atoms with Crippen LogP contribution in [-0.4, -0.2) is 13.0 Å². The van der Waals surface area contributed by atoms with Crippen LogP contribution in [0.1, 0.15) is 173 Å². The predicted octanol–water partition coefficient (Wildman–Crippen LogP) is 7.91. The van der Waals surface area contributed by atoms with Crippen LogP contribution in [-0.2, 0) is 16.5 Å². The molecule has 0 bridgehead atoms. The molecular weight excluding hydrogens is 516 g/mol. The molecule has 1 aromatic rings. The number of hydrogen-bond acceptors (Lipinski definition) is 3. The molecule has 3 nitrogen and oxygen atoms in total. The Labute approximate surface area is 280 Å². The summed E-state index contributed by atoms with van der Waals surface area (Å²) in [5.41, 5.74) is 0.950. The monoisotopic (exact) mass is 574 g/mol. The zero-order valence-electron chi connectivity index (χ0n) is 25.3. The predicted molar refractivity (Wildman–Crippen MR) is 159 cm³/mol. The number of rotatable bonds is 27. The van der Waals surface area contributed by atoms with Gasteiger partial charge in [0.1, 0.15) is 10.1 Å². The van der Waals surface area contributed by atoms with Gasteiger partial charge in [-0.1, -0.05) is 173 Å². The van der Waals surface area contributed by atoms with Crippen molar-refractivity contribution in [2.24, 2.45) is 0 Å². The summed E-state index contributed by atoms with van der Waals surface area (Å²) in [6.45, 7) is 2.29. The second kappa shape index (κ2) is 27.9. The Balaban J connectivity index is 0.0000137. The zero-order valence-corrected chi connectivity index (χ0v) is 29.3. The van der Waals surface area contributed by atoms with Crippen LogP contribution in [0, 0.1) is 0 Å². The van der Waals surface area contributed by atoms with Crippen LogP contribution < -0.4 is 51.4 Å². The van der Waals surface area contributed by atoms with Gasteiger partial charge >= 0.3 is 51.4 Å². The first-order valence-corrected chi connectivity index (χ1v) is 17.5. The van der Waals surface area contributed by atoms with E-state index in [-0.39, 0.29) is 56.3 Å². The summed E-state index contributed by atoms with van der Waals surface area (Å²) in [5, 5.41) is 0. The first kappa shape index (κ1) is 38.8. The van der Waals surface area contributed by atoms with Crippen molar-refractivity contribution >= 4 is 10.1 Å². The van der Waals surface area contributed by atoms with Crippen molar-refractivity contribution in [3.05, 3.63) is 29.8 Å². The van der Waals surface area contributed by atoms with Gasteiger partial charge in [0.2, 0.25) is 0 Å². The van der Waals surface area contributed by atoms with Gasteiger partial charge in [-0.25, -0.2) is 8.42 Å². The first-order chi connectivity index (χ1) is 18.0. The Kier molecular flexibility index (Phi) is 28.5. The second-order valence-electron chi connectivity index (χ2n) is 11.3. The summed E-state index contributed by atoms with van der Waals surface area (Å²) in [5.74, 6) is 0. The van der Waals surface area contributed by atoms with E-state index in [1.54, 1.807) is 6.07 Å². The molecule has 0 radical (unpaired) electrons. The number of benzene rings is 1. The molecule has 0 saturated carbocycles. The summed E-state index contributed by atoms with van der Waals surface area (Å²) in [4.78, 5) is -0.107. The fourth-order valence-corrected chi connectivity index (χ4v) is 5.87. The SMILES string of the molecule is CCCCCCCCCCCCCCCCCCCCCCCCCCCc1cccc(S(=O)(=O)[O-])c1.[K+]. The van der Waals surface area contributed by atoms with Crippen LogP contribution in [0.25, 0.3) is 0 Å². The van der Waals surface area contributed by atoms with Crippen molar-refractivity contribution in [1.29, 1.82) is 0 Å². The van der Waals surface area contributed by atoms with Gasteiger partial charge in [-0.2, -0.15) is 0 Å². The maximum atomic E-state index is 11.1. The van der Waals surface area contributed by atoms with Gasteiger partial charge in [0, 0.05) is 0 Å². The van der Waals surface area contributed by atoms with E-state index < -0.39 is 10.1 Å². The fourth-order valence-electron chi connectivity index (χ4n) is 5.32. The summed E-state index contributed by atoms with van der Waals surface area (Å²) < 4.78 is 33.4. The van der Waals surface area contributed by atoms with Crippen LogP contribution >= 0.6 is 0 Å². The van der Waals surface area contributed by atoms with Crippen molar-refractivity contribution in [3.8, 4) is 0 Å². The molecule has 0 heterocycles. The quantitative estimate of drug-likeness (QED) is 0.0609. The van der Waals surface area contributed by atoms with Gasteiger partial charge in [-0.15, -0.1) is 0 Å². The molecule has 0 aliphatic heterocycles. The van der Waals surface area contributed by atoms with E-state index in [0.29, 0.717) is 0 Å². The van der Waals surface area contributed by atoms with Crippen LogP contribution in [0.2, 0.25) is 0 Å². The van der Waals surface area contributed by atoms with Crippen molar-refractivity contribution in [1.82, 2.24) is 0 Å². The Morgan fingerprint density at radius 3 is 1.16 bits per heavy atom. The fraction of sp³-hybridized carbons (Fsp3) is 0.818. The van der Waals surface area contributed by atoms with E-state index in [1.165, 1.54) is 166 Å². The van der Waals surface area contributed by atoms with Gasteiger partial charge < -0.3 is 4.55 Å². The molecular formula is C33H59KO3S. The van der Waals surface area contributed by atoms with E-state index in [1.807, 2.05) is 6.07 Å². The van der Waals surface area contributed by atoms with Crippen LogP contribution in [0.5, 0.6) is 0 Å². The molecule has 0 atom stereocenters. The molecule has 0 unspecified atom stereocenters. The Morgan fingerprint density at radius 2 is 0.842 bits per heavy atom. The summed E-state index contributed by atoms with van der Waals surface area (Å²) in [6.07, 6.45) is 35.6. The minimum atomic E-state index is -4.34. The molecule has 0 N–H and O–H groups in total. The maximum absolute atomic E-state index is 11.1. The van der Waals surface area contributed by atoms with E-state index in [0.717, 1.165) is 18.4 Å². The molecule has 0 aliphatic rings. The van der Waals surface area contributed by atoms with E-state index in [4.69, 9.17) is 0 Å². The third-order valence-corrected chi connectivity index (χ3v) is 8.59. The number of unbranched alkanes of at least 4 members (excludes halogenated alkanes) is 24. The molecule has 38 heavy (non-hydrogen) atoms. The van der Waals surface area contributed by atoms with Crippen molar-refractivity contribution in [3.63, 3.8) is 0 Å². The topological polar surface area (TPSA) is 57.2 Å². The van der Waals surface area contributed by atoms with Gasteiger partial charge in [0.15, 0.2) is 0 Å². The molecule has 1 aromatic carbocycles. The second-order valence-corrected chi connectivity index (χ2v) is 12.7. The summed E-state index contributed by atoms with van der Waals surface area (Å²) in [7, 11) is -4.34. The molecule has 0 aliphatic carbocycles. The number of hydrogen-bond donors (Lipinski definition) is 0. The Bertz CT molecular complexity index is 736. The first-order valence-electron chi connectivity index (χ1n) is 16.1. The number of aryl methyl sites for hydroxylation is 1. The van der Waals surface area contributed by atoms with Gasteiger partial charge in [-0.05, 0) is 30.5 Å². The molecule has 0 spiro atoms. The van der Waals surface area contributed by atoms with Crippen molar-refractivity contribution < 1.29 is 64.4 Å². The molecule has 0 amide bonds. The third-order valence-electron chi connectivity index (χ3n) is 7.76. The smallest absolute Gasteiger partial charge is 0.744 e. The molecule has 0 aromatic heterocycles. The van der Waals surface area contributed by atoms with Crippen LogP contribution in [0.4, 0.5) is 0 Å². The van der Waals surface area contributed by atoms with Crippen LogP contribution in [0.3, 0.4) is 0 Å². The normalized spacial score (nSPS) is 11.5. The van der Waals surface area contributed by atoms with E-state index in [9.17, 15) is 13.0 Å². The average Bonchev–Trinajstić information content (AvgIpc) is 2.88. The average molecular weight is 575 g/mol. The Morgan fingerprint density at radius 1 is 0.526 bits per heavy atom. The van der Waals surface area contributed by atoms with Gasteiger partial charge in [0.25, 0.3) is 0 Å². The van der Waals surface area contributed by atoms with Gasteiger partial charge in [-0.3, -0.25) is 0 Å². The van der Waals surface area contributed by atoms with Gasteiger partial charge in [0.05, 0.1) is 4.90 Å². The molecule has 5 heteroatoms. The molecule has 0 saturated heterocycles. The van der Waals surface area contributed by atoms with Crippen molar-refractivity contribution in [2.75, 3.05) is 0 Å². The Hall–Kier alpha value is 0.766. The largest absolute Gasteiger partial charge is 1.00 e.